The maximum Gasteiger partial charge on any atom is 0.263 e. The predicted molar refractivity (Wildman–Crippen MR) is 135 cm³/mol. The summed E-state index contributed by atoms with van der Waals surface area (Å²) in [5.41, 5.74) is 2.90. The van der Waals surface area contributed by atoms with Crippen LogP contribution in [0.25, 0.3) is 21.3 Å². The van der Waals surface area contributed by atoms with Gasteiger partial charge in [0.25, 0.3) is 5.56 Å². The lowest BCUT2D eigenvalue weighted by Crippen LogP contribution is -2.46. The molecule has 0 atom stereocenters. The highest BCUT2D eigenvalue weighted by Crippen LogP contribution is 2.31. The first-order valence-corrected chi connectivity index (χ1v) is 12.1. The number of anilines is 1. The van der Waals surface area contributed by atoms with E-state index in [1.54, 1.807) is 7.11 Å². The van der Waals surface area contributed by atoms with Crippen molar-refractivity contribution in [2.45, 2.75) is 13.1 Å². The standard InChI is InChI=1S/C26H25N5O2S/c1-33-21-9-7-20(8-10-21)30-15-13-29(14-16-30)17-23-28-25-24(26(32)31(23)12-11-27)22(18-34-25)19-5-3-2-4-6-19/h2-10,18H,12-17H2,1H3. The van der Waals surface area contributed by atoms with Crippen molar-refractivity contribution in [2.75, 3.05) is 38.2 Å². The molecule has 0 radical (unpaired) electrons. The summed E-state index contributed by atoms with van der Waals surface area (Å²) in [6, 6.07) is 20.1. The maximum absolute atomic E-state index is 13.5. The summed E-state index contributed by atoms with van der Waals surface area (Å²) in [5.74, 6) is 1.50. The summed E-state index contributed by atoms with van der Waals surface area (Å²) in [4.78, 5) is 23.7. The third kappa shape index (κ3) is 4.28. The second-order valence-corrected chi connectivity index (χ2v) is 9.09. The Morgan fingerprint density at radius 3 is 2.47 bits per heavy atom. The van der Waals surface area contributed by atoms with Crippen molar-refractivity contribution in [3.8, 4) is 22.9 Å². The average molecular weight is 472 g/mol. The van der Waals surface area contributed by atoms with Gasteiger partial charge in [-0.15, -0.1) is 11.3 Å². The van der Waals surface area contributed by atoms with Gasteiger partial charge < -0.3 is 9.64 Å². The van der Waals surface area contributed by atoms with Gasteiger partial charge in [-0.25, -0.2) is 4.98 Å². The highest BCUT2D eigenvalue weighted by Gasteiger charge is 2.22. The van der Waals surface area contributed by atoms with Crippen LogP contribution in [0.1, 0.15) is 5.82 Å². The zero-order valence-electron chi connectivity index (χ0n) is 19.0. The molecule has 1 aliphatic rings. The third-order valence-electron chi connectivity index (χ3n) is 6.26. The van der Waals surface area contributed by atoms with Crippen LogP contribution in [-0.4, -0.2) is 47.7 Å². The van der Waals surface area contributed by atoms with E-state index in [2.05, 4.69) is 28.0 Å². The number of nitrogens with zero attached hydrogens (tertiary/aromatic N) is 5. The van der Waals surface area contributed by atoms with Crippen molar-refractivity contribution >= 4 is 27.2 Å². The number of thiophene rings is 1. The number of benzene rings is 2. The monoisotopic (exact) mass is 471 g/mol. The molecule has 0 saturated carbocycles. The Hall–Kier alpha value is -3.67. The van der Waals surface area contributed by atoms with Crippen LogP contribution in [0.5, 0.6) is 5.75 Å². The highest BCUT2D eigenvalue weighted by molar-refractivity contribution is 7.17. The zero-order valence-corrected chi connectivity index (χ0v) is 19.8. The van der Waals surface area contributed by atoms with Crippen LogP contribution in [0.15, 0.2) is 64.8 Å². The Bertz CT molecular complexity index is 1380. The Morgan fingerprint density at radius 1 is 1.06 bits per heavy atom. The van der Waals surface area contributed by atoms with Gasteiger partial charge >= 0.3 is 0 Å². The zero-order chi connectivity index (χ0) is 23.5. The molecule has 1 fully saturated rings. The minimum atomic E-state index is -0.140. The van der Waals surface area contributed by atoms with Crippen molar-refractivity contribution in [1.82, 2.24) is 14.5 Å². The Morgan fingerprint density at radius 2 is 1.79 bits per heavy atom. The van der Waals surface area contributed by atoms with Crippen LogP contribution >= 0.6 is 11.3 Å². The van der Waals surface area contributed by atoms with Crippen molar-refractivity contribution in [3.63, 3.8) is 0 Å². The maximum atomic E-state index is 13.5. The fourth-order valence-electron chi connectivity index (χ4n) is 4.41. The molecule has 3 heterocycles. The molecule has 0 unspecified atom stereocenters. The number of hydrogen-bond donors (Lipinski definition) is 0. The van der Waals surface area contributed by atoms with Crippen LogP contribution in [0.2, 0.25) is 0 Å². The first kappa shape index (κ1) is 22.1. The summed E-state index contributed by atoms with van der Waals surface area (Å²) < 4.78 is 6.79. The van der Waals surface area contributed by atoms with Gasteiger partial charge in [0.2, 0.25) is 0 Å². The molecule has 0 spiro atoms. The third-order valence-corrected chi connectivity index (χ3v) is 7.13. The van der Waals surface area contributed by atoms with Gasteiger partial charge in [0.1, 0.15) is 22.9 Å². The van der Waals surface area contributed by atoms with Crippen molar-refractivity contribution < 1.29 is 4.74 Å². The van der Waals surface area contributed by atoms with Crippen molar-refractivity contribution in [2.24, 2.45) is 0 Å². The molecule has 5 rings (SSSR count). The normalized spacial score (nSPS) is 14.3. The van der Waals surface area contributed by atoms with E-state index in [4.69, 9.17) is 9.72 Å². The molecule has 0 bridgehead atoms. The Labute approximate surface area is 202 Å². The van der Waals surface area contributed by atoms with Gasteiger partial charge in [0.05, 0.1) is 25.1 Å². The minimum Gasteiger partial charge on any atom is -0.497 e. The number of hydrogen-bond acceptors (Lipinski definition) is 7. The topological polar surface area (TPSA) is 74.4 Å². The van der Waals surface area contributed by atoms with E-state index in [9.17, 15) is 10.1 Å². The highest BCUT2D eigenvalue weighted by atomic mass is 32.1. The summed E-state index contributed by atoms with van der Waals surface area (Å²) in [7, 11) is 1.67. The SMILES string of the molecule is COc1ccc(N2CCN(Cc3nc4scc(-c5ccccc5)c4c(=O)n3CC#N)CC2)cc1. The van der Waals surface area contributed by atoms with E-state index < -0.39 is 0 Å². The van der Waals surface area contributed by atoms with Gasteiger partial charge in [-0.05, 0) is 29.8 Å². The quantitative estimate of drug-likeness (QED) is 0.424. The van der Waals surface area contributed by atoms with Crippen LogP contribution in [0, 0.1) is 11.3 Å². The molecule has 1 saturated heterocycles. The molecule has 8 heteroatoms. The van der Waals surface area contributed by atoms with E-state index >= 15 is 0 Å². The molecule has 7 nitrogen and oxygen atoms in total. The molecule has 172 valence electrons. The van der Waals surface area contributed by atoms with E-state index in [1.807, 2.05) is 47.8 Å². The summed E-state index contributed by atoms with van der Waals surface area (Å²) in [5, 5.41) is 12.0. The lowest BCUT2D eigenvalue weighted by molar-refractivity contribution is 0.240. The summed E-state index contributed by atoms with van der Waals surface area (Å²) >= 11 is 1.48. The first-order chi connectivity index (χ1) is 16.7. The number of rotatable bonds is 6. The average Bonchev–Trinajstić information content (AvgIpc) is 3.31. The van der Waals surface area contributed by atoms with Gasteiger partial charge in [0.15, 0.2) is 0 Å². The Balaban J connectivity index is 1.38. The number of ether oxygens (including phenoxy) is 1. The van der Waals surface area contributed by atoms with Gasteiger partial charge in [0, 0.05) is 42.8 Å². The molecule has 0 aliphatic carbocycles. The number of piperazine rings is 1. The lowest BCUT2D eigenvalue weighted by Gasteiger charge is -2.36. The molecular weight excluding hydrogens is 446 g/mol. The molecule has 4 aromatic rings. The molecule has 2 aromatic heterocycles. The van der Waals surface area contributed by atoms with Gasteiger partial charge in [-0.3, -0.25) is 14.3 Å². The number of aromatic nitrogens is 2. The molecule has 0 N–H and O–H groups in total. The van der Waals surface area contributed by atoms with Crippen LogP contribution in [0.3, 0.4) is 0 Å². The second-order valence-electron chi connectivity index (χ2n) is 8.23. The van der Waals surface area contributed by atoms with E-state index in [-0.39, 0.29) is 12.1 Å². The number of fused-ring (bicyclic) bond motifs is 1. The lowest BCUT2D eigenvalue weighted by atomic mass is 10.1. The fourth-order valence-corrected chi connectivity index (χ4v) is 5.36. The first-order valence-electron chi connectivity index (χ1n) is 11.2. The molecule has 0 amide bonds. The minimum absolute atomic E-state index is 0.00695. The summed E-state index contributed by atoms with van der Waals surface area (Å²) in [6.07, 6.45) is 0. The summed E-state index contributed by atoms with van der Waals surface area (Å²) in [6.45, 7) is 4.01. The largest absolute Gasteiger partial charge is 0.497 e. The molecule has 2 aromatic carbocycles. The van der Waals surface area contributed by atoms with E-state index in [1.165, 1.54) is 21.6 Å². The van der Waals surface area contributed by atoms with E-state index in [0.717, 1.165) is 47.9 Å². The Kier molecular flexibility index (Phi) is 6.30. The molecule has 1 aliphatic heterocycles. The fraction of sp³-hybridized carbons (Fsp3) is 0.269. The van der Waals surface area contributed by atoms with Gasteiger partial charge in [-0.1, -0.05) is 30.3 Å². The van der Waals surface area contributed by atoms with E-state index in [0.29, 0.717) is 17.8 Å². The number of methoxy groups -OCH3 is 1. The smallest absolute Gasteiger partial charge is 0.263 e. The van der Waals surface area contributed by atoms with Gasteiger partial charge in [-0.2, -0.15) is 5.26 Å². The second kappa shape index (κ2) is 9.67. The van der Waals surface area contributed by atoms with Crippen molar-refractivity contribution in [1.29, 1.82) is 5.26 Å². The van der Waals surface area contributed by atoms with Crippen LogP contribution in [0.4, 0.5) is 5.69 Å². The van der Waals surface area contributed by atoms with Crippen molar-refractivity contribution in [3.05, 3.63) is 76.2 Å². The predicted octanol–water partition coefficient (Wildman–Crippen LogP) is 3.98. The van der Waals surface area contributed by atoms with Crippen LogP contribution in [-0.2, 0) is 13.1 Å². The molecular formula is C26H25N5O2S. The molecule has 34 heavy (non-hydrogen) atoms. The number of nitriles is 1. The van der Waals surface area contributed by atoms with Crippen LogP contribution < -0.4 is 15.2 Å².